The average molecular weight is 216 g/mol. The molecule has 0 saturated heterocycles. The van der Waals surface area contributed by atoms with Crippen LogP contribution in [-0.2, 0) is 0 Å². The fraction of sp³-hybridized carbons (Fsp3) is 0.625. The lowest BCUT2D eigenvalue weighted by Crippen LogP contribution is -1.94. The van der Waals surface area contributed by atoms with Gasteiger partial charge >= 0.3 is 0 Å². The molecule has 0 aromatic carbocycles. The summed E-state index contributed by atoms with van der Waals surface area (Å²) in [5.41, 5.74) is 0. The molecule has 4 unspecified atom stereocenters. The number of hydrogen-bond acceptors (Lipinski definition) is 0. The Hall–Kier alpha value is -0.780. The van der Waals surface area contributed by atoms with Crippen molar-refractivity contribution in [1.82, 2.24) is 0 Å². The van der Waals surface area contributed by atoms with Gasteiger partial charge in [-0.3, -0.25) is 0 Å². The maximum atomic E-state index is 3.90. The van der Waals surface area contributed by atoms with Crippen LogP contribution >= 0.6 is 0 Å². The van der Waals surface area contributed by atoms with Crippen molar-refractivity contribution in [3.63, 3.8) is 0 Å². The second-order valence-electron chi connectivity index (χ2n) is 5.52. The van der Waals surface area contributed by atoms with Crippen LogP contribution in [0.5, 0.6) is 0 Å². The monoisotopic (exact) mass is 216 g/mol. The zero-order valence-corrected chi connectivity index (χ0v) is 10.3. The van der Waals surface area contributed by atoms with E-state index in [0.29, 0.717) is 0 Å². The van der Waals surface area contributed by atoms with Gasteiger partial charge in [0.2, 0.25) is 0 Å². The van der Waals surface area contributed by atoms with Gasteiger partial charge in [0.15, 0.2) is 0 Å². The molecule has 2 fully saturated rings. The van der Waals surface area contributed by atoms with Crippen LogP contribution in [0.1, 0.15) is 38.5 Å². The Balaban J connectivity index is 1.77. The van der Waals surface area contributed by atoms with Gasteiger partial charge in [0, 0.05) is 0 Å². The van der Waals surface area contributed by atoms with E-state index in [1.54, 1.807) is 0 Å². The van der Waals surface area contributed by atoms with Crippen LogP contribution in [0, 0.1) is 23.7 Å². The first-order valence-electron chi connectivity index (χ1n) is 6.75. The molecule has 0 heterocycles. The normalized spacial score (nSPS) is 39.2. The van der Waals surface area contributed by atoms with Crippen LogP contribution in [0.2, 0.25) is 0 Å². The molecular formula is C16H24. The van der Waals surface area contributed by atoms with Crippen molar-refractivity contribution in [2.75, 3.05) is 0 Å². The third-order valence-corrected chi connectivity index (χ3v) is 4.35. The number of hydrogen-bond donors (Lipinski definition) is 0. The second kappa shape index (κ2) is 5.52. The van der Waals surface area contributed by atoms with Crippen LogP contribution in [0.25, 0.3) is 0 Å². The molecule has 0 nitrogen and oxygen atoms in total. The van der Waals surface area contributed by atoms with E-state index in [-0.39, 0.29) is 0 Å². The first kappa shape index (κ1) is 11.7. The minimum absolute atomic E-state index is 0.777. The fourth-order valence-corrected chi connectivity index (χ4v) is 3.20. The Bertz CT molecular complexity index is 246. The molecule has 2 saturated carbocycles. The summed E-state index contributed by atoms with van der Waals surface area (Å²) in [5, 5.41) is 0. The van der Waals surface area contributed by atoms with Crippen LogP contribution in [0.3, 0.4) is 0 Å². The van der Waals surface area contributed by atoms with E-state index in [1.807, 2.05) is 0 Å². The Morgan fingerprint density at radius 2 is 1.00 bits per heavy atom. The Morgan fingerprint density at radius 1 is 0.625 bits per heavy atom. The van der Waals surface area contributed by atoms with Crippen molar-refractivity contribution >= 4 is 0 Å². The summed E-state index contributed by atoms with van der Waals surface area (Å²) >= 11 is 0. The predicted octanol–water partition coefficient (Wildman–Crippen LogP) is 4.75. The smallest absolute Gasteiger partial charge is 0.0228 e. The zero-order chi connectivity index (χ0) is 11.4. The summed E-state index contributed by atoms with van der Waals surface area (Å²) < 4.78 is 0. The first-order valence-corrected chi connectivity index (χ1v) is 6.75. The van der Waals surface area contributed by atoms with Crippen LogP contribution in [0.4, 0.5) is 0 Å². The van der Waals surface area contributed by atoms with Crippen molar-refractivity contribution in [2.24, 2.45) is 23.7 Å². The summed E-state index contributed by atoms with van der Waals surface area (Å²) in [4.78, 5) is 0. The molecule has 0 spiro atoms. The average Bonchev–Trinajstić information content (AvgIpc) is 2.95. The summed E-state index contributed by atoms with van der Waals surface area (Å²) in [6.07, 6.45) is 17.3. The summed E-state index contributed by atoms with van der Waals surface area (Å²) in [6, 6.07) is 0. The van der Waals surface area contributed by atoms with E-state index in [1.165, 1.54) is 38.5 Å². The molecule has 2 aliphatic rings. The van der Waals surface area contributed by atoms with Gasteiger partial charge < -0.3 is 0 Å². The van der Waals surface area contributed by atoms with Gasteiger partial charge in [-0.25, -0.2) is 0 Å². The number of allylic oxidation sites excluding steroid dienone is 4. The summed E-state index contributed by atoms with van der Waals surface area (Å²) in [7, 11) is 0. The van der Waals surface area contributed by atoms with Crippen molar-refractivity contribution in [3.8, 4) is 0 Å². The molecule has 0 aliphatic heterocycles. The van der Waals surface area contributed by atoms with E-state index in [4.69, 9.17) is 0 Å². The van der Waals surface area contributed by atoms with Crippen LogP contribution in [0.15, 0.2) is 37.5 Å². The molecule has 88 valence electrons. The Morgan fingerprint density at radius 3 is 1.31 bits per heavy atom. The summed E-state index contributed by atoms with van der Waals surface area (Å²) in [6.45, 7) is 7.80. The van der Waals surface area contributed by atoms with Crippen molar-refractivity contribution < 1.29 is 0 Å². The van der Waals surface area contributed by atoms with Crippen molar-refractivity contribution in [3.05, 3.63) is 37.5 Å². The SMILES string of the molecule is C=CC1CCC(/C=C/C2CCC(C=C)C2)C1. The first-order chi connectivity index (χ1) is 7.81. The standard InChI is InChI=1S/C16H24/c1-3-13-5-7-15(11-13)9-10-16-8-6-14(4-2)12-16/h3-4,9-10,13-16H,1-2,5-8,11-12H2/b10-9+. The van der Waals surface area contributed by atoms with E-state index >= 15 is 0 Å². The van der Waals surface area contributed by atoms with Crippen molar-refractivity contribution in [2.45, 2.75) is 38.5 Å². The van der Waals surface area contributed by atoms with Gasteiger partial charge in [0.1, 0.15) is 0 Å². The number of rotatable bonds is 4. The molecule has 0 aromatic rings. The zero-order valence-electron chi connectivity index (χ0n) is 10.3. The lowest BCUT2D eigenvalue weighted by atomic mass is 10.00. The third-order valence-electron chi connectivity index (χ3n) is 4.35. The maximum Gasteiger partial charge on any atom is -0.0228 e. The quantitative estimate of drug-likeness (QED) is 0.595. The molecule has 2 aliphatic carbocycles. The molecule has 2 rings (SSSR count). The van der Waals surface area contributed by atoms with Crippen LogP contribution < -0.4 is 0 Å². The van der Waals surface area contributed by atoms with E-state index in [9.17, 15) is 0 Å². The van der Waals surface area contributed by atoms with E-state index < -0.39 is 0 Å². The predicted molar refractivity (Wildman–Crippen MR) is 71.2 cm³/mol. The lowest BCUT2D eigenvalue weighted by molar-refractivity contribution is 0.613. The molecule has 0 bridgehead atoms. The highest BCUT2D eigenvalue weighted by molar-refractivity contribution is 5.01. The van der Waals surface area contributed by atoms with E-state index in [2.05, 4.69) is 37.5 Å². The van der Waals surface area contributed by atoms with Gasteiger partial charge in [-0.2, -0.15) is 0 Å². The molecular weight excluding hydrogens is 192 g/mol. The van der Waals surface area contributed by atoms with E-state index in [0.717, 1.165) is 23.7 Å². The molecule has 0 heteroatoms. The Labute approximate surface area is 100 Å². The highest BCUT2D eigenvalue weighted by atomic mass is 14.3. The molecule has 0 N–H and O–H groups in total. The minimum atomic E-state index is 0.777. The van der Waals surface area contributed by atoms with Gasteiger partial charge in [-0.15, -0.1) is 13.2 Å². The molecule has 0 aromatic heterocycles. The van der Waals surface area contributed by atoms with Crippen molar-refractivity contribution in [1.29, 1.82) is 0 Å². The summed E-state index contributed by atoms with van der Waals surface area (Å²) in [5.74, 6) is 3.20. The van der Waals surface area contributed by atoms with Gasteiger partial charge in [-0.1, -0.05) is 24.3 Å². The third kappa shape index (κ3) is 2.87. The second-order valence-corrected chi connectivity index (χ2v) is 5.52. The topological polar surface area (TPSA) is 0 Å². The van der Waals surface area contributed by atoms with Gasteiger partial charge in [-0.05, 0) is 62.2 Å². The molecule has 0 amide bonds. The Kier molecular flexibility index (Phi) is 4.04. The molecule has 4 atom stereocenters. The lowest BCUT2D eigenvalue weighted by Gasteiger charge is -2.06. The van der Waals surface area contributed by atoms with Gasteiger partial charge in [0.25, 0.3) is 0 Å². The highest BCUT2D eigenvalue weighted by Crippen LogP contribution is 2.35. The van der Waals surface area contributed by atoms with Gasteiger partial charge in [0.05, 0.1) is 0 Å². The highest BCUT2D eigenvalue weighted by Gasteiger charge is 2.23. The van der Waals surface area contributed by atoms with Crippen LogP contribution in [-0.4, -0.2) is 0 Å². The fourth-order valence-electron chi connectivity index (χ4n) is 3.20. The molecule has 16 heavy (non-hydrogen) atoms. The maximum absolute atomic E-state index is 3.90. The molecule has 0 radical (unpaired) electrons. The minimum Gasteiger partial charge on any atom is -0.103 e. The largest absolute Gasteiger partial charge is 0.103 e.